The van der Waals surface area contributed by atoms with Crippen LogP contribution in [0.3, 0.4) is 0 Å². The van der Waals surface area contributed by atoms with Crippen LogP contribution in [-0.2, 0) is 0 Å². The van der Waals surface area contributed by atoms with Crippen molar-refractivity contribution in [3.63, 3.8) is 0 Å². The topological polar surface area (TPSA) is 37.8 Å². The summed E-state index contributed by atoms with van der Waals surface area (Å²) in [6.07, 6.45) is 5.30. The van der Waals surface area contributed by atoms with Gasteiger partial charge in [0.1, 0.15) is 0 Å². The number of nitrogens with one attached hydrogen (secondary N) is 1. The van der Waals surface area contributed by atoms with Crippen LogP contribution in [0.5, 0.6) is 0 Å². The van der Waals surface area contributed by atoms with Crippen molar-refractivity contribution < 1.29 is 0 Å². The minimum absolute atomic E-state index is 0.0694. The number of rotatable bonds is 2. The van der Waals surface area contributed by atoms with Crippen LogP contribution in [0, 0.1) is 5.92 Å². The molecule has 1 heterocycles. The van der Waals surface area contributed by atoms with Crippen LogP contribution in [-0.4, -0.2) is 29.0 Å². The van der Waals surface area contributed by atoms with Crippen LogP contribution in [0.25, 0.3) is 11.0 Å². The molecule has 0 amide bonds. The molecule has 0 aliphatic heterocycles. The molecule has 1 aliphatic carbocycles. The molecule has 2 atom stereocenters. The Morgan fingerprint density at radius 2 is 2.24 bits per heavy atom. The van der Waals surface area contributed by atoms with Gasteiger partial charge in [0.05, 0.1) is 0 Å². The molecule has 1 aliphatic rings. The first-order chi connectivity index (χ1) is 8.33. The number of aromatic nitrogens is 2. The Bertz CT molecular complexity index is 508. The van der Waals surface area contributed by atoms with Gasteiger partial charge in [0, 0.05) is 0 Å². The average Bonchev–Trinajstić information content (AvgIpc) is 2.78. The van der Waals surface area contributed by atoms with Gasteiger partial charge in [0.2, 0.25) is 0 Å². The van der Waals surface area contributed by atoms with Gasteiger partial charge in [0.15, 0.2) is 0 Å². The Kier molecular flexibility index (Phi) is 3.17. The first-order valence-corrected chi connectivity index (χ1v) is 7.84. The van der Waals surface area contributed by atoms with Crippen molar-refractivity contribution >= 4 is 31.7 Å². The molecule has 0 radical (unpaired) electrons. The monoisotopic (exact) mass is 295 g/mol. The van der Waals surface area contributed by atoms with Gasteiger partial charge >= 0.3 is 108 Å². The molecule has 2 unspecified atom stereocenters. The van der Waals surface area contributed by atoms with Crippen LogP contribution >= 0.6 is 0 Å². The predicted molar refractivity (Wildman–Crippen MR) is 71.5 cm³/mol. The van der Waals surface area contributed by atoms with E-state index in [4.69, 9.17) is 0 Å². The van der Waals surface area contributed by atoms with Crippen molar-refractivity contribution in [2.75, 3.05) is 5.32 Å². The molecule has 17 heavy (non-hydrogen) atoms. The summed E-state index contributed by atoms with van der Waals surface area (Å²) in [6, 6.07) is 6.89. The molecular weight excluding hydrogens is 277 g/mol. The fraction of sp³-hybridized carbons (Fsp3) is 0.538. The first-order valence-electron chi connectivity index (χ1n) is 6.31. The number of benzene rings is 1. The molecule has 3 nitrogen and oxygen atoms in total. The fourth-order valence-electron chi connectivity index (χ4n) is 2.71. The van der Waals surface area contributed by atoms with Crippen LogP contribution in [0.2, 0.25) is 0 Å². The molecule has 1 saturated carbocycles. The third-order valence-corrected chi connectivity index (χ3v) is 4.72. The summed E-state index contributed by atoms with van der Waals surface area (Å²) in [4.78, 5) is 0. The maximum atomic E-state index is 4.52. The summed E-state index contributed by atoms with van der Waals surface area (Å²) in [5.74, 6) is 0.851. The zero-order valence-corrected chi connectivity index (χ0v) is 11.7. The van der Waals surface area contributed by atoms with Crippen molar-refractivity contribution in [2.45, 2.75) is 38.6 Å². The van der Waals surface area contributed by atoms with Gasteiger partial charge in [-0.2, -0.15) is 0 Å². The molecule has 0 saturated heterocycles. The van der Waals surface area contributed by atoms with E-state index < -0.39 is 0 Å². The second-order valence-electron chi connectivity index (χ2n) is 5.05. The normalized spacial score (nSPS) is 25.0. The Balaban J connectivity index is 1.82. The van der Waals surface area contributed by atoms with E-state index >= 15 is 0 Å². The van der Waals surface area contributed by atoms with Gasteiger partial charge in [0.25, 0.3) is 0 Å². The van der Waals surface area contributed by atoms with Gasteiger partial charge in [-0.05, 0) is 0 Å². The third-order valence-electron chi connectivity index (χ3n) is 3.58. The number of anilines is 1. The van der Waals surface area contributed by atoms with Gasteiger partial charge in [-0.3, -0.25) is 0 Å². The van der Waals surface area contributed by atoms with E-state index in [0.717, 1.165) is 17.0 Å². The molecule has 1 N–H and O–H groups in total. The number of hydrogen-bond donors (Lipinski definition) is 1. The van der Waals surface area contributed by atoms with Crippen LogP contribution in [0.4, 0.5) is 5.69 Å². The summed E-state index contributed by atoms with van der Waals surface area (Å²) in [6.45, 7) is 2.35. The van der Waals surface area contributed by atoms with Crippen molar-refractivity contribution in [3.05, 3.63) is 18.2 Å². The van der Waals surface area contributed by atoms with Gasteiger partial charge in [-0.25, -0.2) is 0 Å². The van der Waals surface area contributed by atoms with Crippen molar-refractivity contribution in [1.82, 2.24) is 7.96 Å². The van der Waals surface area contributed by atoms with E-state index in [2.05, 4.69) is 38.4 Å². The second-order valence-corrected chi connectivity index (χ2v) is 6.16. The van der Waals surface area contributed by atoms with Gasteiger partial charge in [-0.15, -0.1) is 0 Å². The van der Waals surface area contributed by atoms with Crippen molar-refractivity contribution in [1.29, 1.82) is 0 Å². The standard InChI is InChI=1S/C13H17N3Se/c1-9-4-2-5-10(8-9)14-11-6-3-7-12-13(11)16-17-15-12/h3,6-7,9-10,14H,2,4-5,8H2,1H3. The van der Waals surface area contributed by atoms with Crippen LogP contribution in [0.15, 0.2) is 18.2 Å². The van der Waals surface area contributed by atoms with Gasteiger partial charge in [-0.1, -0.05) is 0 Å². The molecule has 3 rings (SSSR count). The SMILES string of the molecule is CC1CCCC(Nc2cccc3n[se]nc23)C1. The second kappa shape index (κ2) is 4.79. The van der Waals surface area contributed by atoms with E-state index in [-0.39, 0.29) is 15.0 Å². The molecule has 0 bridgehead atoms. The van der Waals surface area contributed by atoms with Crippen molar-refractivity contribution in [2.24, 2.45) is 5.92 Å². The van der Waals surface area contributed by atoms with E-state index in [1.54, 1.807) is 0 Å². The Labute approximate surface area is 108 Å². The first kappa shape index (κ1) is 11.2. The van der Waals surface area contributed by atoms with E-state index in [1.807, 2.05) is 0 Å². The number of hydrogen-bond acceptors (Lipinski definition) is 3. The maximum absolute atomic E-state index is 4.52. The zero-order chi connectivity index (χ0) is 11.7. The summed E-state index contributed by atoms with van der Waals surface area (Å²) in [5, 5.41) is 3.67. The molecule has 4 heteroatoms. The number of fused-ring (bicyclic) bond motifs is 1. The summed E-state index contributed by atoms with van der Waals surface area (Å²) >= 11 is 0.0694. The summed E-state index contributed by atoms with van der Waals surface area (Å²) in [7, 11) is 0. The van der Waals surface area contributed by atoms with E-state index in [1.165, 1.54) is 31.4 Å². The van der Waals surface area contributed by atoms with Crippen molar-refractivity contribution in [3.8, 4) is 0 Å². The fourth-order valence-corrected chi connectivity index (χ4v) is 3.86. The van der Waals surface area contributed by atoms with E-state index in [0.29, 0.717) is 6.04 Å². The van der Waals surface area contributed by atoms with Crippen LogP contribution in [0.1, 0.15) is 32.6 Å². The molecule has 1 aromatic carbocycles. The average molecular weight is 294 g/mol. The van der Waals surface area contributed by atoms with Crippen LogP contribution < -0.4 is 5.32 Å². The Morgan fingerprint density at radius 1 is 1.29 bits per heavy atom. The quantitative estimate of drug-likeness (QED) is 0.865. The molecule has 0 spiro atoms. The number of nitrogens with zero attached hydrogens (tertiary/aromatic N) is 2. The molecule has 90 valence electrons. The van der Waals surface area contributed by atoms with Gasteiger partial charge < -0.3 is 0 Å². The summed E-state index contributed by atoms with van der Waals surface area (Å²) in [5.41, 5.74) is 3.34. The molecule has 1 fully saturated rings. The molecular formula is C13H17N3Se. The zero-order valence-electron chi connectivity index (χ0n) is 10.0. The minimum atomic E-state index is 0.0694. The Hall–Kier alpha value is -0.861. The third kappa shape index (κ3) is 2.38. The predicted octanol–water partition coefficient (Wildman–Crippen LogP) is 2.68. The summed E-state index contributed by atoms with van der Waals surface area (Å²) < 4.78 is 8.94. The van der Waals surface area contributed by atoms with E-state index in [9.17, 15) is 0 Å². The Morgan fingerprint density at radius 3 is 3.12 bits per heavy atom. The molecule has 1 aromatic heterocycles. The molecule has 2 aromatic rings.